The van der Waals surface area contributed by atoms with Crippen LogP contribution in [0.1, 0.15) is 11.1 Å². The third-order valence-electron chi connectivity index (χ3n) is 2.09. The lowest BCUT2D eigenvalue weighted by Gasteiger charge is -1.90. The maximum atomic E-state index is 5.71. The summed E-state index contributed by atoms with van der Waals surface area (Å²) in [5.74, 6) is 0. The first kappa shape index (κ1) is 13.3. The van der Waals surface area contributed by atoms with Gasteiger partial charge in [-0.3, -0.25) is 0 Å². The van der Waals surface area contributed by atoms with E-state index in [9.17, 15) is 0 Å². The lowest BCUT2D eigenvalue weighted by atomic mass is 10.2. The number of halogens is 2. The summed E-state index contributed by atoms with van der Waals surface area (Å²) < 4.78 is 1.14. The molecule has 0 saturated heterocycles. The zero-order valence-electron chi connectivity index (χ0n) is 9.37. The molecule has 16 heavy (non-hydrogen) atoms. The van der Waals surface area contributed by atoms with Gasteiger partial charge < -0.3 is 0 Å². The molecule has 0 aliphatic rings. The second kappa shape index (κ2) is 6.72. The molecule has 0 amide bonds. The van der Waals surface area contributed by atoms with Gasteiger partial charge in [0.25, 0.3) is 0 Å². The predicted octanol–water partition coefficient (Wildman–Crippen LogP) is 5.41. The second-order valence-corrected chi connectivity index (χ2v) is 4.87. The molecule has 0 spiro atoms. The van der Waals surface area contributed by atoms with Crippen LogP contribution in [0.15, 0.2) is 53.0 Å². The minimum Gasteiger partial charge on any atom is -0.0841 e. The highest BCUT2D eigenvalue weighted by atomic mass is 79.9. The highest BCUT2D eigenvalue weighted by Crippen LogP contribution is 2.12. The lowest BCUT2D eigenvalue weighted by Crippen LogP contribution is -1.68. The van der Waals surface area contributed by atoms with Gasteiger partial charge in [-0.05, 0) is 37.6 Å². The van der Waals surface area contributed by atoms with E-state index in [0.29, 0.717) is 0 Å². The molecule has 0 unspecified atom stereocenters. The molecule has 0 aliphatic heterocycles. The quantitative estimate of drug-likeness (QED) is 0.610. The van der Waals surface area contributed by atoms with Crippen LogP contribution < -0.4 is 0 Å². The van der Waals surface area contributed by atoms with Crippen molar-refractivity contribution in [1.29, 1.82) is 0 Å². The maximum absolute atomic E-state index is 5.71. The maximum Gasteiger partial charge on any atom is 0.0435 e. The molecular formula is C14H14BrCl. The van der Waals surface area contributed by atoms with Crippen molar-refractivity contribution >= 4 is 27.5 Å². The van der Waals surface area contributed by atoms with Crippen LogP contribution in [0.4, 0.5) is 0 Å². The number of hydrogen-bond acceptors (Lipinski definition) is 0. The van der Waals surface area contributed by atoms with E-state index >= 15 is 0 Å². The van der Waals surface area contributed by atoms with Crippen molar-refractivity contribution in [3.8, 4) is 0 Å². The SMILES string of the molecule is Cc1ccc(Br)cc1.Cc1ccccc1Cl. The molecule has 0 fully saturated rings. The van der Waals surface area contributed by atoms with Gasteiger partial charge in [0, 0.05) is 9.50 Å². The van der Waals surface area contributed by atoms with Crippen LogP contribution in [-0.4, -0.2) is 0 Å². The van der Waals surface area contributed by atoms with Gasteiger partial charge in [0.05, 0.1) is 0 Å². The smallest absolute Gasteiger partial charge is 0.0435 e. The Balaban J connectivity index is 0.000000160. The van der Waals surface area contributed by atoms with Crippen LogP contribution in [-0.2, 0) is 0 Å². The third kappa shape index (κ3) is 4.82. The van der Waals surface area contributed by atoms with Gasteiger partial charge >= 0.3 is 0 Å². The van der Waals surface area contributed by atoms with Crippen molar-refractivity contribution in [1.82, 2.24) is 0 Å². The Kier molecular flexibility index (Phi) is 5.58. The number of benzene rings is 2. The Bertz CT molecular complexity index is 393. The van der Waals surface area contributed by atoms with Crippen molar-refractivity contribution in [3.05, 3.63) is 69.2 Å². The Morgan fingerprint density at radius 2 is 1.44 bits per heavy atom. The summed E-state index contributed by atoms with van der Waals surface area (Å²) in [5, 5.41) is 0.840. The minimum atomic E-state index is 0.840. The summed E-state index contributed by atoms with van der Waals surface area (Å²) in [6.07, 6.45) is 0. The van der Waals surface area contributed by atoms with E-state index in [4.69, 9.17) is 11.6 Å². The van der Waals surface area contributed by atoms with E-state index in [-0.39, 0.29) is 0 Å². The Hall–Kier alpha value is -0.790. The van der Waals surface area contributed by atoms with E-state index < -0.39 is 0 Å². The molecule has 0 atom stereocenters. The zero-order chi connectivity index (χ0) is 12.0. The van der Waals surface area contributed by atoms with Crippen LogP contribution in [0.3, 0.4) is 0 Å². The van der Waals surface area contributed by atoms with Gasteiger partial charge in [0.15, 0.2) is 0 Å². The first-order valence-electron chi connectivity index (χ1n) is 5.03. The molecule has 0 saturated carbocycles. The van der Waals surface area contributed by atoms with Crippen molar-refractivity contribution in [2.24, 2.45) is 0 Å². The van der Waals surface area contributed by atoms with Crippen molar-refractivity contribution in [2.45, 2.75) is 13.8 Å². The summed E-state index contributed by atoms with van der Waals surface area (Å²) >= 11 is 9.05. The van der Waals surface area contributed by atoms with Gasteiger partial charge in [0.2, 0.25) is 0 Å². The van der Waals surface area contributed by atoms with Crippen molar-refractivity contribution in [2.75, 3.05) is 0 Å². The van der Waals surface area contributed by atoms with Crippen LogP contribution >= 0.6 is 27.5 Å². The summed E-state index contributed by atoms with van der Waals surface area (Å²) in [6.45, 7) is 4.06. The molecular weight excluding hydrogens is 284 g/mol. The highest BCUT2D eigenvalue weighted by Gasteiger charge is 1.86. The third-order valence-corrected chi connectivity index (χ3v) is 3.04. The topological polar surface area (TPSA) is 0 Å². The standard InChI is InChI=1S/C7H7Br.C7H7Cl/c1-6-2-4-7(8)5-3-6;1-6-4-2-3-5-7(6)8/h2*2-5H,1H3. The average Bonchev–Trinajstić information content (AvgIpc) is 2.28. The normalized spacial score (nSPS) is 9.25. The Morgan fingerprint density at radius 1 is 0.875 bits per heavy atom. The van der Waals surface area contributed by atoms with Gasteiger partial charge in [0.1, 0.15) is 0 Å². The highest BCUT2D eigenvalue weighted by molar-refractivity contribution is 9.10. The van der Waals surface area contributed by atoms with E-state index in [1.807, 2.05) is 43.3 Å². The second-order valence-electron chi connectivity index (χ2n) is 3.54. The molecule has 0 heterocycles. The van der Waals surface area contributed by atoms with Crippen LogP contribution in [0.5, 0.6) is 0 Å². The fourth-order valence-electron chi connectivity index (χ4n) is 1.08. The molecule has 0 nitrogen and oxygen atoms in total. The Labute approximate surface area is 110 Å². The first-order valence-corrected chi connectivity index (χ1v) is 6.20. The minimum absolute atomic E-state index is 0.840. The molecule has 2 aromatic carbocycles. The van der Waals surface area contributed by atoms with E-state index in [1.54, 1.807) is 0 Å². The molecule has 0 aliphatic carbocycles. The largest absolute Gasteiger partial charge is 0.0841 e. The summed E-state index contributed by atoms with van der Waals surface area (Å²) in [6, 6.07) is 16.0. The zero-order valence-corrected chi connectivity index (χ0v) is 11.7. The summed E-state index contributed by atoms with van der Waals surface area (Å²) in [4.78, 5) is 0. The van der Waals surface area contributed by atoms with E-state index in [2.05, 4.69) is 35.0 Å². The fourth-order valence-corrected chi connectivity index (χ4v) is 1.48. The van der Waals surface area contributed by atoms with Crippen molar-refractivity contribution < 1.29 is 0 Å². The van der Waals surface area contributed by atoms with Crippen LogP contribution in [0.2, 0.25) is 5.02 Å². The molecule has 0 radical (unpaired) electrons. The lowest BCUT2D eigenvalue weighted by molar-refractivity contribution is 1.46. The molecule has 2 rings (SSSR count). The average molecular weight is 298 g/mol. The number of aryl methyl sites for hydroxylation is 2. The fraction of sp³-hybridized carbons (Fsp3) is 0.143. The van der Waals surface area contributed by atoms with Crippen LogP contribution in [0.25, 0.3) is 0 Å². The van der Waals surface area contributed by atoms with E-state index in [1.165, 1.54) is 5.56 Å². The van der Waals surface area contributed by atoms with Crippen molar-refractivity contribution in [3.63, 3.8) is 0 Å². The monoisotopic (exact) mass is 296 g/mol. The molecule has 0 aromatic heterocycles. The predicted molar refractivity (Wildman–Crippen MR) is 75.1 cm³/mol. The number of hydrogen-bond donors (Lipinski definition) is 0. The Morgan fingerprint density at radius 3 is 1.81 bits per heavy atom. The van der Waals surface area contributed by atoms with Gasteiger partial charge in [-0.15, -0.1) is 0 Å². The van der Waals surface area contributed by atoms with E-state index in [0.717, 1.165) is 15.1 Å². The van der Waals surface area contributed by atoms with Gasteiger partial charge in [-0.1, -0.05) is 63.4 Å². The van der Waals surface area contributed by atoms with Gasteiger partial charge in [-0.25, -0.2) is 0 Å². The summed E-state index contributed by atoms with van der Waals surface area (Å²) in [5.41, 5.74) is 2.43. The number of rotatable bonds is 0. The molecule has 2 aromatic rings. The first-order chi connectivity index (χ1) is 7.59. The summed E-state index contributed by atoms with van der Waals surface area (Å²) in [7, 11) is 0. The molecule has 0 N–H and O–H groups in total. The molecule has 84 valence electrons. The molecule has 2 heteroatoms. The van der Waals surface area contributed by atoms with Crippen LogP contribution in [0, 0.1) is 13.8 Å². The molecule has 0 bridgehead atoms. The van der Waals surface area contributed by atoms with Gasteiger partial charge in [-0.2, -0.15) is 0 Å².